The summed E-state index contributed by atoms with van der Waals surface area (Å²) in [6.07, 6.45) is 5.09. The standard InChI is InChI=1S/C27H38N2O9S2/c1-27(2)19-21(28-11-6-14-39(32,33)34)17-25-23(27)16-20-9-10-22(18-24(20)38-25)29(13-7-15-40(35,36)37)12-5-3-4-8-26(30)31/h9-10,16-18,28H,3-8,11-15,19H2,1-2H3,(H2-,30,31,32,33,34,35,36,37). The van der Waals surface area contributed by atoms with Gasteiger partial charge in [-0.05, 0) is 50.3 Å². The van der Waals surface area contributed by atoms with Gasteiger partial charge in [0.2, 0.25) is 0 Å². The fourth-order valence-corrected chi connectivity index (χ4v) is 5.91. The molecule has 222 valence electrons. The van der Waals surface area contributed by atoms with Gasteiger partial charge in [-0.2, -0.15) is 8.42 Å². The Balaban J connectivity index is 1.83. The molecule has 0 amide bonds. The summed E-state index contributed by atoms with van der Waals surface area (Å²) in [5.41, 5.74) is 3.11. The van der Waals surface area contributed by atoms with Crippen LogP contribution in [-0.4, -0.2) is 68.2 Å². The van der Waals surface area contributed by atoms with E-state index in [1.54, 1.807) is 0 Å². The third-order valence-corrected chi connectivity index (χ3v) is 8.48. The summed E-state index contributed by atoms with van der Waals surface area (Å²) in [6, 6.07) is 7.84. The molecule has 1 aliphatic carbocycles. The summed E-state index contributed by atoms with van der Waals surface area (Å²) in [5.74, 6) is -0.947. The number of allylic oxidation sites excluding steroid dienone is 1. The van der Waals surface area contributed by atoms with Crippen LogP contribution in [0.1, 0.15) is 70.1 Å². The van der Waals surface area contributed by atoms with Crippen LogP contribution in [0.2, 0.25) is 0 Å². The minimum atomic E-state index is -4.33. The molecule has 11 nitrogen and oxygen atoms in total. The molecule has 0 saturated heterocycles. The van der Waals surface area contributed by atoms with Crippen LogP contribution >= 0.6 is 0 Å². The molecular weight excluding hydrogens is 560 g/mol. The first-order valence-electron chi connectivity index (χ1n) is 13.3. The number of carbonyl (C=O) groups is 1. The highest BCUT2D eigenvalue weighted by molar-refractivity contribution is 7.85. The molecule has 1 aliphatic rings. The van der Waals surface area contributed by atoms with Crippen molar-refractivity contribution in [2.24, 2.45) is 0 Å². The van der Waals surface area contributed by atoms with E-state index in [0.29, 0.717) is 56.7 Å². The molecule has 0 fully saturated rings. The monoisotopic (exact) mass is 598 g/mol. The minimum Gasteiger partial charge on any atom is -0.748 e. The number of rotatable bonds is 16. The fourth-order valence-electron chi connectivity index (χ4n) is 4.92. The summed E-state index contributed by atoms with van der Waals surface area (Å²) in [7, 11) is -8.34. The van der Waals surface area contributed by atoms with Crippen molar-refractivity contribution in [1.29, 1.82) is 0 Å². The number of aliphatic carboxylic acids is 1. The number of carboxylic acid groups (broad SMARTS) is 1. The van der Waals surface area contributed by atoms with Crippen molar-refractivity contribution < 1.29 is 40.3 Å². The van der Waals surface area contributed by atoms with E-state index >= 15 is 0 Å². The largest absolute Gasteiger partial charge is 0.748 e. The van der Waals surface area contributed by atoms with Gasteiger partial charge in [0, 0.05) is 48.6 Å². The summed E-state index contributed by atoms with van der Waals surface area (Å²) in [5, 5.41) is 13.0. The molecular formula is C27H38N2O9S2. The van der Waals surface area contributed by atoms with Crippen molar-refractivity contribution in [2.75, 3.05) is 36.0 Å². The van der Waals surface area contributed by atoms with E-state index < -0.39 is 32.0 Å². The second kappa shape index (κ2) is 13.3. The Labute approximate surface area is 235 Å². The smallest absolute Gasteiger partial charge is 0.362 e. The van der Waals surface area contributed by atoms with E-state index in [2.05, 4.69) is 25.2 Å². The third kappa shape index (κ3) is 10.0. The average molecular weight is 599 g/mol. The van der Waals surface area contributed by atoms with Gasteiger partial charge in [-0.25, -0.2) is 12.8 Å². The van der Waals surface area contributed by atoms with E-state index in [1.807, 2.05) is 29.2 Å². The molecule has 40 heavy (non-hydrogen) atoms. The lowest BCUT2D eigenvalue weighted by Gasteiger charge is -2.29. The molecule has 3 N–H and O–H groups in total. The number of hydrogen-bond donors (Lipinski definition) is 3. The first kappa shape index (κ1) is 31.8. The topological polar surface area (TPSA) is 175 Å². The molecule has 1 aromatic carbocycles. The van der Waals surface area contributed by atoms with Gasteiger partial charge in [0.25, 0.3) is 10.1 Å². The minimum absolute atomic E-state index is 0.0929. The van der Waals surface area contributed by atoms with Crippen molar-refractivity contribution in [3.8, 4) is 0 Å². The molecule has 2 aromatic rings. The Morgan fingerprint density at radius 3 is 2.45 bits per heavy atom. The lowest BCUT2D eigenvalue weighted by Crippen LogP contribution is -2.29. The average Bonchev–Trinajstić information content (AvgIpc) is 2.82. The fraction of sp³-hybridized carbons (Fsp3) is 0.556. The zero-order valence-electron chi connectivity index (χ0n) is 22.9. The molecule has 0 atom stereocenters. The van der Waals surface area contributed by atoms with Crippen LogP contribution in [0.25, 0.3) is 17.0 Å². The lowest BCUT2D eigenvalue weighted by molar-refractivity contribution is -0.137. The third-order valence-electron chi connectivity index (χ3n) is 6.89. The Kier molecular flexibility index (Phi) is 10.6. The van der Waals surface area contributed by atoms with Crippen molar-refractivity contribution in [1.82, 2.24) is 5.32 Å². The van der Waals surface area contributed by atoms with E-state index in [-0.39, 0.29) is 30.4 Å². The molecule has 0 aliphatic heterocycles. The molecule has 3 rings (SSSR count). The number of benzene rings is 1. The van der Waals surface area contributed by atoms with Gasteiger partial charge < -0.3 is 19.9 Å². The maximum atomic E-state index is 11.1. The number of hydrogen-bond acceptors (Lipinski definition) is 8. The Morgan fingerprint density at radius 1 is 1.05 bits per heavy atom. The number of nitrogens with one attached hydrogen (secondary N) is 1. The summed E-state index contributed by atoms with van der Waals surface area (Å²) in [4.78, 5) is 12.8. The van der Waals surface area contributed by atoms with Gasteiger partial charge in [-0.15, -0.1) is 0 Å². The van der Waals surface area contributed by atoms with E-state index in [1.165, 1.54) is 0 Å². The van der Waals surface area contributed by atoms with E-state index in [4.69, 9.17) is 14.1 Å². The first-order valence-corrected chi connectivity index (χ1v) is 16.5. The quantitative estimate of drug-likeness (QED) is 0.145. The van der Waals surface area contributed by atoms with Gasteiger partial charge in [0.15, 0.2) is 0 Å². The van der Waals surface area contributed by atoms with E-state index in [0.717, 1.165) is 22.3 Å². The highest BCUT2D eigenvalue weighted by Gasteiger charge is 2.36. The van der Waals surface area contributed by atoms with Crippen LogP contribution in [0.15, 0.2) is 34.4 Å². The lowest BCUT2D eigenvalue weighted by atomic mass is 9.76. The Morgan fingerprint density at radius 2 is 1.77 bits per heavy atom. The molecule has 1 heterocycles. The van der Waals surface area contributed by atoms with Crippen molar-refractivity contribution in [3.05, 3.63) is 41.3 Å². The van der Waals surface area contributed by atoms with Crippen LogP contribution in [-0.2, 0) is 30.4 Å². The van der Waals surface area contributed by atoms with Crippen LogP contribution < -0.4 is 10.2 Å². The van der Waals surface area contributed by atoms with E-state index in [9.17, 15) is 26.2 Å². The van der Waals surface area contributed by atoms with Gasteiger partial charge in [-0.1, -0.05) is 20.3 Å². The highest BCUT2D eigenvalue weighted by atomic mass is 32.2. The second-order valence-corrected chi connectivity index (χ2v) is 13.9. The maximum Gasteiger partial charge on any atom is 0.362 e. The highest BCUT2D eigenvalue weighted by Crippen LogP contribution is 2.40. The first-order chi connectivity index (χ1) is 18.6. The second-order valence-electron chi connectivity index (χ2n) is 10.8. The number of carboxylic acids is 1. The number of anilines is 1. The van der Waals surface area contributed by atoms with Crippen LogP contribution in [0.3, 0.4) is 0 Å². The Hall–Kier alpha value is -2.74. The van der Waals surface area contributed by atoms with Crippen LogP contribution in [0.4, 0.5) is 5.69 Å². The molecule has 0 spiro atoms. The predicted molar refractivity (Wildman–Crippen MR) is 153 cm³/mol. The van der Waals surface area contributed by atoms with Crippen LogP contribution in [0.5, 0.6) is 0 Å². The van der Waals surface area contributed by atoms with Gasteiger partial charge >= 0.3 is 17.3 Å². The van der Waals surface area contributed by atoms with Gasteiger partial charge in [0.1, 0.15) is 0 Å². The molecule has 0 saturated carbocycles. The van der Waals surface area contributed by atoms with Crippen molar-refractivity contribution in [3.63, 3.8) is 0 Å². The van der Waals surface area contributed by atoms with Crippen molar-refractivity contribution >= 4 is 48.9 Å². The molecule has 0 unspecified atom stereocenters. The number of unbranched alkanes of at least 4 members (excludes halogenated alkanes) is 2. The predicted octanol–water partition coefficient (Wildman–Crippen LogP) is 3.99. The molecule has 0 radical (unpaired) electrons. The molecule has 0 bridgehead atoms. The zero-order valence-corrected chi connectivity index (χ0v) is 24.5. The molecule has 13 heteroatoms. The van der Waals surface area contributed by atoms with Gasteiger partial charge in [0.05, 0.1) is 39.0 Å². The van der Waals surface area contributed by atoms with Crippen LogP contribution in [0, 0.1) is 0 Å². The van der Waals surface area contributed by atoms with Gasteiger partial charge in [-0.3, -0.25) is 9.35 Å². The summed E-state index contributed by atoms with van der Waals surface area (Å²) in [6.45, 7) is 5.51. The Bertz CT molecular complexity index is 1450. The normalized spacial score (nSPS) is 14.9. The van der Waals surface area contributed by atoms with Crippen molar-refractivity contribution in [2.45, 2.75) is 64.2 Å². The molecule has 1 aromatic heterocycles. The maximum absolute atomic E-state index is 11.1. The summed E-state index contributed by atoms with van der Waals surface area (Å²) < 4.78 is 70.7. The zero-order chi connectivity index (χ0) is 29.6. The number of nitrogens with zero attached hydrogens (tertiary/aromatic N) is 1. The number of fused-ring (bicyclic) bond motifs is 2. The summed E-state index contributed by atoms with van der Waals surface area (Å²) >= 11 is 0. The SMILES string of the molecule is CC1(C)CC(NCCCS(=O)(=O)O)=Cc2[o+]c3cc(N(CCCCCC(=O)O)CCCS(=O)(=O)[O-])ccc3cc21.